The maximum absolute atomic E-state index is 6.05. The Kier molecular flexibility index (Phi) is 2.83. The monoisotopic (exact) mass is 225 g/mol. The molecule has 1 aromatic heterocycles. The maximum Gasteiger partial charge on any atom is 0.137 e. The molecule has 15 heavy (non-hydrogen) atoms. The van der Waals surface area contributed by atoms with E-state index in [1.165, 1.54) is 19.3 Å². The molecular formula is C11H16ClN3. The van der Waals surface area contributed by atoms with Crippen molar-refractivity contribution in [1.82, 2.24) is 9.97 Å². The molecule has 1 heterocycles. The summed E-state index contributed by atoms with van der Waals surface area (Å²) in [5.74, 6) is 1.73. The molecule has 2 rings (SSSR count). The Labute approximate surface area is 95.5 Å². The van der Waals surface area contributed by atoms with E-state index in [1.54, 1.807) is 0 Å². The minimum atomic E-state index is 0.573. The summed E-state index contributed by atoms with van der Waals surface area (Å²) in [6.45, 7) is 3.86. The molecule has 0 radical (unpaired) electrons. The highest BCUT2D eigenvalue weighted by Gasteiger charge is 2.24. The number of nitrogens with zero attached hydrogens (tertiary/aromatic N) is 3. The number of hydrogen-bond acceptors (Lipinski definition) is 3. The topological polar surface area (TPSA) is 29.0 Å². The van der Waals surface area contributed by atoms with Gasteiger partial charge < -0.3 is 4.90 Å². The van der Waals surface area contributed by atoms with E-state index >= 15 is 0 Å². The average Bonchev–Trinajstić information content (AvgIpc) is 2.08. The molecule has 0 bridgehead atoms. The second-order valence-corrected chi connectivity index (χ2v) is 4.56. The molecule has 0 aliphatic heterocycles. The van der Waals surface area contributed by atoms with E-state index in [1.807, 2.05) is 13.8 Å². The van der Waals surface area contributed by atoms with Crippen molar-refractivity contribution >= 4 is 17.4 Å². The molecule has 0 N–H and O–H groups in total. The number of aryl methyl sites for hydroxylation is 1. The van der Waals surface area contributed by atoms with Crippen LogP contribution in [0.1, 0.15) is 30.7 Å². The molecule has 3 nitrogen and oxygen atoms in total. The van der Waals surface area contributed by atoms with Gasteiger partial charge in [-0.1, -0.05) is 11.6 Å². The van der Waals surface area contributed by atoms with Gasteiger partial charge in [-0.15, -0.1) is 0 Å². The quantitative estimate of drug-likeness (QED) is 0.725. The number of anilines is 1. The van der Waals surface area contributed by atoms with Gasteiger partial charge in [0.15, 0.2) is 0 Å². The van der Waals surface area contributed by atoms with Gasteiger partial charge in [-0.2, -0.15) is 0 Å². The normalized spacial score (nSPS) is 16.3. The standard InChI is InChI=1S/C11H16ClN3/c1-7-10(12)13-8(2)14-11(7)15(3)9-5-4-6-9/h9H,4-6H2,1-3H3. The Morgan fingerprint density at radius 2 is 1.93 bits per heavy atom. The van der Waals surface area contributed by atoms with Crippen LogP contribution in [0.4, 0.5) is 5.82 Å². The van der Waals surface area contributed by atoms with Crippen molar-refractivity contribution < 1.29 is 0 Å². The lowest BCUT2D eigenvalue weighted by Gasteiger charge is -2.36. The predicted octanol–water partition coefficient (Wildman–Crippen LogP) is 2.74. The number of halogens is 1. The van der Waals surface area contributed by atoms with Gasteiger partial charge in [0, 0.05) is 18.7 Å². The molecular weight excluding hydrogens is 210 g/mol. The SMILES string of the molecule is Cc1nc(Cl)c(C)c(N(C)C2CCC2)n1. The Hall–Kier alpha value is -0.830. The number of rotatable bonds is 2. The van der Waals surface area contributed by atoms with Crippen LogP contribution >= 0.6 is 11.6 Å². The van der Waals surface area contributed by atoms with Crippen molar-refractivity contribution in [1.29, 1.82) is 0 Å². The summed E-state index contributed by atoms with van der Waals surface area (Å²) in [7, 11) is 2.09. The van der Waals surface area contributed by atoms with Gasteiger partial charge in [0.05, 0.1) is 0 Å². The van der Waals surface area contributed by atoms with Gasteiger partial charge in [0.2, 0.25) is 0 Å². The van der Waals surface area contributed by atoms with Gasteiger partial charge in [-0.3, -0.25) is 0 Å². The highest BCUT2D eigenvalue weighted by Crippen LogP contribution is 2.30. The molecule has 82 valence electrons. The zero-order chi connectivity index (χ0) is 11.0. The summed E-state index contributed by atoms with van der Waals surface area (Å²) >= 11 is 6.05. The molecule has 0 atom stereocenters. The van der Waals surface area contributed by atoms with Crippen LogP contribution in [-0.4, -0.2) is 23.1 Å². The lowest BCUT2D eigenvalue weighted by Crippen LogP contribution is -2.38. The fraction of sp³-hybridized carbons (Fsp3) is 0.636. The zero-order valence-electron chi connectivity index (χ0n) is 9.42. The Morgan fingerprint density at radius 1 is 1.27 bits per heavy atom. The van der Waals surface area contributed by atoms with E-state index in [9.17, 15) is 0 Å². The molecule has 4 heteroatoms. The van der Waals surface area contributed by atoms with Crippen molar-refractivity contribution in [3.8, 4) is 0 Å². The fourth-order valence-corrected chi connectivity index (χ4v) is 2.08. The largest absolute Gasteiger partial charge is 0.356 e. The highest BCUT2D eigenvalue weighted by atomic mass is 35.5. The summed E-state index contributed by atoms with van der Waals surface area (Å²) < 4.78 is 0. The van der Waals surface area contributed by atoms with Crippen LogP contribution in [0.5, 0.6) is 0 Å². The first-order valence-electron chi connectivity index (χ1n) is 5.33. The van der Waals surface area contributed by atoms with E-state index < -0.39 is 0 Å². The van der Waals surface area contributed by atoms with Gasteiger partial charge in [0.25, 0.3) is 0 Å². The third-order valence-corrected chi connectivity index (χ3v) is 3.50. The van der Waals surface area contributed by atoms with Crippen molar-refractivity contribution in [2.45, 2.75) is 39.2 Å². The Balaban J connectivity index is 2.33. The minimum Gasteiger partial charge on any atom is -0.356 e. The molecule has 1 aromatic rings. The molecule has 1 aliphatic rings. The molecule has 0 saturated heterocycles. The minimum absolute atomic E-state index is 0.573. The molecule has 1 fully saturated rings. The second kappa shape index (κ2) is 3.97. The second-order valence-electron chi connectivity index (χ2n) is 4.21. The lowest BCUT2D eigenvalue weighted by atomic mass is 9.92. The lowest BCUT2D eigenvalue weighted by molar-refractivity contribution is 0.398. The van der Waals surface area contributed by atoms with E-state index in [-0.39, 0.29) is 0 Å². The summed E-state index contributed by atoms with van der Waals surface area (Å²) in [4.78, 5) is 10.8. The summed E-state index contributed by atoms with van der Waals surface area (Å²) in [6, 6.07) is 0.633. The Morgan fingerprint density at radius 3 is 2.47 bits per heavy atom. The smallest absolute Gasteiger partial charge is 0.137 e. The summed E-state index contributed by atoms with van der Waals surface area (Å²) in [5.41, 5.74) is 0.983. The van der Waals surface area contributed by atoms with Crippen molar-refractivity contribution in [2.75, 3.05) is 11.9 Å². The third-order valence-electron chi connectivity index (χ3n) is 3.13. The summed E-state index contributed by atoms with van der Waals surface area (Å²) in [5, 5.41) is 0.573. The van der Waals surface area contributed by atoms with Crippen LogP contribution in [0.25, 0.3) is 0 Å². The summed E-state index contributed by atoms with van der Waals surface area (Å²) in [6.07, 6.45) is 3.85. The van der Waals surface area contributed by atoms with E-state index in [0.717, 1.165) is 17.2 Å². The fourth-order valence-electron chi connectivity index (χ4n) is 1.87. The van der Waals surface area contributed by atoms with Crippen LogP contribution in [0, 0.1) is 13.8 Å². The van der Waals surface area contributed by atoms with Gasteiger partial charge in [-0.25, -0.2) is 9.97 Å². The molecule has 0 aromatic carbocycles. The van der Waals surface area contributed by atoms with Gasteiger partial charge >= 0.3 is 0 Å². The Bertz CT molecular complexity index is 374. The number of hydrogen-bond donors (Lipinski definition) is 0. The molecule has 0 unspecified atom stereocenters. The van der Waals surface area contributed by atoms with Crippen LogP contribution in [0.3, 0.4) is 0 Å². The zero-order valence-corrected chi connectivity index (χ0v) is 10.2. The number of aromatic nitrogens is 2. The van der Waals surface area contributed by atoms with Gasteiger partial charge in [-0.05, 0) is 33.1 Å². The van der Waals surface area contributed by atoms with Crippen molar-refractivity contribution in [2.24, 2.45) is 0 Å². The van der Waals surface area contributed by atoms with Crippen molar-refractivity contribution in [3.63, 3.8) is 0 Å². The highest BCUT2D eigenvalue weighted by molar-refractivity contribution is 6.30. The molecule has 1 saturated carbocycles. The van der Waals surface area contributed by atoms with Crippen LogP contribution in [-0.2, 0) is 0 Å². The van der Waals surface area contributed by atoms with Crippen LogP contribution < -0.4 is 4.90 Å². The predicted molar refractivity (Wildman–Crippen MR) is 62.6 cm³/mol. The third kappa shape index (κ3) is 1.93. The van der Waals surface area contributed by atoms with Crippen LogP contribution in [0.2, 0.25) is 5.15 Å². The van der Waals surface area contributed by atoms with Crippen LogP contribution in [0.15, 0.2) is 0 Å². The first-order chi connectivity index (χ1) is 7.09. The average molecular weight is 226 g/mol. The maximum atomic E-state index is 6.05. The van der Waals surface area contributed by atoms with Crippen molar-refractivity contribution in [3.05, 3.63) is 16.5 Å². The molecule has 1 aliphatic carbocycles. The van der Waals surface area contributed by atoms with E-state index in [0.29, 0.717) is 11.2 Å². The molecule has 0 spiro atoms. The van der Waals surface area contributed by atoms with E-state index in [4.69, 9.17) is 11.6 Å². The van der Waals surface area contributed by atoms with Gasteiger partial charge in [0.1, 0.15) is 16.8 Å². The first kappa shape index (κ1) is 10.7. The first-order valence-corrected chi connectivity index (χ1v) is 5.71. The van der Waals surface area contributed by atoms with E-state index in [2.05, 4.69) is 21.9 Å². The molecule has 0 amide bonds.